The van der Waals surface area contributed by atoms with Gasteiger partial charge in [0, 0.05) is 20.1 Å². The van der Waals surface area contributed by atoms with Crippen molar-refractivity contribution in [3.63, 3.8) is 0 Å². The van der Waals surface area contributed by atoms with E-state index < -0.39 is 0 Å². The van der Waals surface area contributed by atoms with Crippen LogP contribution in [-0.4, -0.2) is 49.0 Å². The molecule has 4 nitrogen and oxygen atoms in total. The average Bonchev–Trinajstić information content (AvgIpc) is 2.73. The van der Waals surface area contributed by atoms with E-state index >= 15 is 0 Å². The number of likely N-dealkylation sites (N-methyl/N-ethyl adjacent to an activating group) is 1. The number of carbonyl (C=O) groups excluding carboxylic acids is 1. The maximum Gasteiger partial charge on any atom is 0.237 e. The number of ether oxygens (including phenoxy) is 1. The first-order valence-corrected chi connectivity index (χ1v) is 10.0. The first kappa shape index (κ1) is 19.1. The Morgan fingerprint density at radius 3 is 2.82 bits per heavy atom. The van der Waals surface area contributed by atoms with Crippen molar-refractivity contribution in [2.75, 3.05) is 33.3 Å². The van der Waals surface area contributed by atoms with Crippen LogP contribution in [0.1, 0.15) is 41.7 Å². The molecule has 2 aliphatic rings. The number of morpholine rings is 1. The van der Waals surface area contributed by atoms with Crippen LogP contribution in [0, 0.1) is 5.82 Å². The highest BCUT2D eigenvalue weighted by Gasteiger charge is 2.29. The summed E-state index contributed by atoms with van der Waals surface area (Å²) in [5, 5.41) is 0. The summed E-state index contributed by atoms with van der Waals surface area (Å²) in [5.41, 5.74) is 3.60. The lowest BCUT2D eigenvalue weighted by Gasteiger charge is -2.37. The van der Waals surface area contributed by atoms with Crippen LogP contribution in [-0.2, 0) is 16.0 Å². The van der Waals surface area contributed by atoms with Crippen molar-refractivity contribution >= 4 is 5.91 Å². The molecule has 28 heavy (non-hydrogen) atoms. The number of carbonyl (C=O) groups is 1. The molecule has 0 bridgehead atoms. The van der Waals surface area contributed by atoms with Crippen LogP contribution in [0.4, 0.5) is 4.39 Å². The number of nitrogens with zero attached hydrogens (tertiary/aromatic N) is 2. The highest BCUT2D eigenvalue weighted by atomic mass is 19.1. The summed E-state index contributed by atoms with van der Waals surface area (Å²) in [6, 6.07) is 15.1. The Kier molecular flexibility index (Phi) is 5.74. The molecule has 2 atom stereocenters. The van der Waals surface area contributed by atoms with Gasteiger partial charge in [0.05, 0.1) is 25.3 Å². The van der Waals surface area contributed by atoms with Gasteiger partial charge >= 0.3 is 0 Å². The van der Waals surface area contributed by atoms with Crippen LogP contribution in [0.2, 0.25) is 0 Å². The van der Waals surface area contributed by atoms with Gasteiger partial charge in [-0.2, -0.15) is 0 Å². The topological polar surface area (TPSA) is 32.8 Å². The van der Waals surface area contributed by atoms with Gasteiger partial charge in [0.1, 0.15) is 5.82 Å². The van der Waals surface area contributed by atoms with Crippen molar-refractivity contribution in [3.8, 4) is 0 Å². The van der Waals surface area contributed by atoms with Crippen LogP contribution in [0.15, 0.2) is 48.5 Å². The number of amides is 1. The molecule has 1 amide bonds. The summed E-state index contributed by atoms with van der Waals surface area (Å²) in [5.74, 6) is -0.109. The summed E-state index contributed by atoms with van der Waals surface area (Å²) < 4.78 is 19.0. The average molecular weight is 382 g/mol. The molecule has 2 aromatic carbocycles. The monoisotopic (exact) mass is 382 g/mol. The number of benzene rings is 2. The minimum atomic E-state index is -0.249. The molecular weight excluding hydrogens is 355 g/mol. The largest absolute Gasteiger partial charge is 0.371 e. The lowest BCUT2D eigenvalue weighted by molar-refractivity contribution is -0.135. The second-order valence-corrected chi connectivity index (χ2v) is 7.76. The quantitative estimate of drug-likeness (QED) is 0.808. The zero-order valence-corrected chi connectivity index (χ0v) is 16.3. The van der Waals surface area contributed by atoms with Crippen molar-refractivity contribution < 1.29 is 13.9 Å². The number of rotatable bonds is 4. The fourth-order valence-corrected chi connectivity index (χ4v) is 4.33. The molecule has 1 fully saturated rings. The standard InChI is InChI=1S/C23H27FN2O2/c1-25(21-8-4-6-17-5-2-3-7-20(17)21)23(27)16-26-13-14-28-22(15-26)18-9-11-19(24)12-10-18/h2-3,5,7,9-12,21-22H,4,6,8,13-16H2,1H3/t21-,22+/m1/s1. The summed E-state index contributed by atoms with van der Waals surface area (Å²) in [4.78, 5) is 17.1. The van der Waals surface area contributed by atoms with E-state index in [0.717, 1.165) is 31.4 Å². The Morgan fingerprint density at radius 2 is 2.00 bits per heavy atom. The van der Waals surface area contributed by atoms with E-state index in [0.29, 0.717) is 19.7 Å². The number of halogens is 1. The number of hydrogen-bond acceptors (Lipinski definition) is 3. The number of hydrogen-bond donors (Lipinski definition) is 0. The zero-order valence-electron chi connectivity index (χ0n) is 16.3. The van der Waals surface area contributed by atoms with Gasteiger partial charge in [0.15, 0.2) is 0 Å². The molecule has 0 aromatic heterocycles. The van der Waals surface area contributed by atoms with Crippen molar-refractivity contribution in [1.82, 2.24) is 9.80 Å². The minimum Gasteiger partial charge on any atom is -0.371 e. The molecule has 0 saturated carbocycles. The molecule has 0 unspecified atom stereocenters. The fourth-order valence-electron chi connectivity index (χ4n) is 4.33. The third-order valence-corrected chi connectivity index (χ3v) is 5.95. The van der Waals surface area contributed by atoms with E-state index in [1.54, 1.807) is 12.1 Å². The van der Waals surface area contributed by atoms with E-state index in [2.05, 4.69) is 29.2 Å². The molecule has 1 heterocycles. The maximum absolute atomic E-state index is 13.2. The van der Waals surface area contributed by atoms with Crippen LogP contribution >= 0.6 is 0 Å². The van der Waals surface area contributed by atoms with Gasteiger partial charge < -0.3 is 9.64 Å². The highest BCUT2D eigenvalue weighted by Crippen LogP contribution is 2.33. The Hall–Kier alpha value is -2.24. The van der Waals surface area contributed by atoms with E-state index in [4.69, 9.17) is 4.74 Å². The fraction of sp³-hybridized carbons (Fsp3) is 0.435. The highest BCUT2D eigenvalue weighted by molar-refractivity contribution is 5.78. The van der Waals surface area contributed by atoms with Crippen molar-refractivity contribution in [2.45, 2.75) is 31.4 Å². The van der Waals surface area contributed by atoms with Gasteiger partial charge in [-0.25, -0.2) is 4.39 Å². The Balaban J connectivity index is 1.40. The third-order valence-electron chi connectivity index (χ3n) is 5.95. The van der Waals surface area contributed by atoms with Gasteiger partial charge in [-0.1, -0.05) is 36.4 Å². The lowest BCUT2D eigenvalue weighted by Crippen LogP contribution is -2.45. The van der Waals surface area contributed by atoms with E-state index in [-0.39, 0.29) is 23.9 Å². The molecule has 4 rings (SSSR count). The summed E-state index contributed by atoms with van der Waals surface area (Å²) >= 11 is 0. The van der Waals surface area contributed by atoms with Crippen LogP contribution in [0.5, 0.6) is 0 Å². The molecule has 0 radical (unpaired) electrons. The predicted octanol–water partition coefficient (Wildman–Crippen LogP) is 3.74. The van der Waals surface area contributed by atoms with Crippen LogP contribution in [0.25, 0.3) is 0 Å². The second kappa shape index (κ2) is 8.41. The maximum atomic E-state index is 13.2. The van der Waals surface area contributed by atoms with Gasteiger partial charge in [-0.05, 0) is 48.1 Å². The first-order chi connectivity index (χ1) is 13.6. The molecule has 5 heteroatoms. The van der Waals surface area contributed by atoms with E-state index in [1.807, 2.05) is 11.9 Å². The van der Waals surface area contributed by atoms with Crippen molar-refractivity contribution in [3.05, 3.63) is 71.0 Å². The number of aryl methyl sites for hydroxylation is 1. The van der Waals surface area contributed by atoms with Crippen molar-refractivity contribution in [2.24, 2.45) is 0 Å². The van der Waals surface area contributed by atoms with Crippen LogP contribution in [0.3, 0.4) is 0 Å². The Bertz CT molecular complexity index is 824. The molecular formula is C23H27FN2O2. The SMILES string of the molecule is CN(C(=O)CN1CCO[C@H](c2ccc(F)cc2)C1)[C@@H]1CCCc2ccccc21. The number of fused-ring (bicyclic) bond motifs is 1. The predicted molar refractivity (Wildman–Crippen MR) is 106 cm³/mol. The lowest BCUT2D eigenvalue weighted by atomic mass is 9.87. The molecule has 0 N–H and O–H groups in total. The molecule has 0 spiro atoms. The normalized spacial score (nSPS) is 22.5. The van der Waals surface area contributed by atoms with Gasteiger partial charge in [0.25, 0.3) is 0 Å². The first-order valence-electron chi connectivity index (χ1n) is 10.0. The Labute approximate surface area is 165 Å². The Morgan fingerprint density at radius 1 is 1.21 bits per heavy atom. The molecule has 1 aliphatic carbocycles. The third kappa shape index (κ3) is 4.10. The smallest absolute Gasteiger partial charge is 0.237 e. The van der Waals surface area contributed by atoms with Crippen molar-refractivity contribution in [1.29, 1.82) is 0 Å². The molecule has 148 valence electrons. The zero-order chi connectivity index (χ0) is 19.5. The summed E-state index contributed by atoms with van der Waals surface area (Å²) in [6.45, 7) is 2.34. The van der Waals surface area contributed by atoms with Gasteiger partial charge in [-0.15, -0.1) is 0 Å². The van der Waals surface area contributed by atoms with Gasteiger partial charge in [0.2, 0.25) is 5.91 Å². The van der Waals surface area contributed by atoms with E-state index in [9.17, 15) is 9.18 Å². The molecule has 2 aromatic rings. The minimum absolute atomic E-state index is 0.122. The van der Waals surface area contributed by atoms with E-state index in [1.165, 1.54) is 23.3 Å². The second-order valence-electron chi connectivity index (χ2n) is 7.76. The summed E-state index contributed by atoms with van der Waals surface area (Å²) in [7, 11) is 1.92. The van der Waals surface area contributed by atoms with Gasteiger partial charge in [-0.3, -0.25) is 9.69 Å². The van der Waals surface area contributed by atoms with Crippen LogP contribution < -0.4 is 0 Å². The molecule has 1 saturated heterocycles. The summed E-state index contributed by atoms with van der Waals surface area (Å²) in [6.07, 6.45) is 3.10. The molecule has 1 aliphatic heterocycles.